The van der Waals surface area contributed by atoms with Crippen LogP contribution in [0.3, 0.4) is 0 Å². The first-order valence-corrected chi connectivity index (χ1v) is 7.18. The fourth-order valence-corrected chi connectivity index (χ4v) is 3.13. The molecule has 2 atom stereocenters. The minimum atomic E-state index is 0.154. The van der Waals surface area contributed by atoms with E-state index < -0.39 is 0 Å². The molecular weight excluding hydrogens is 254 g/mol. The van der Waals surface area contributed by atoms with Gasteiger partial charge in [0, 0.05) is 37.9 Å². The van der Waals surface area contributed by atoms with Gasteiger partial charge in [0.05, 0.1) is 6.42 Å². The number of carbonyl (C=O) groups is 2. The van der Waals surface area contributed by atoms with Gasteiger partial charge in [-0.3, -0.25) is 14.6 Å². The van der Waals surface area contributed by atoms with Gasteiger partial charge in [-0.1, -0.05) is 6.07 Å². The second kappa shape index (κ2) is 5.61. The van der Waals surface area contributed by atoms with Crippen LogP contribution in [-0.2, 0) is 16.0 Å². The number of fused-ring (bicyclic) bond motifs is 1. The van der Waals surface area contributed by atoms with Crippen molar-refractivity contribution in [2.75, 3.05) is 13.1 Å². The Hall–Kier alpha value is -1.91. The van der Waals surface area contributed by atoms with Crippen LogP contribution in [0.25, 0.3) is 0 Å². The van der Waals surface area contributed by atoms with E-state index in [0.29, 0.717) is 18.8 Å². The molecule has 0 saturated carbocycles. The average molecular weight is 273 g/mol. The summed E-state index contributed by atoms with van der Waals surface area (Å²) in [6, 6.07) is 4.04. The summed E-state index contributed by atoms with van der Waals surface area (Å²) < 4.78 is 0. The van der Waals surface area contributed by atoms with Crippen molar-refractivity contribution in [3.05, 3.63) is 30.1 Å². The first-order chi connectivity index (χ1) is 9.72. The molecule has 0 aliphatic carbocycles. The minimum Gasteiger partial charge on any atom is -0.353 e. The third kappa shape index (κ3) is 2.81. The Morgan fingerprint density at radius 2 is 2.35 bits per heavy atom. The maximum atomic E-state index is 12.3. The zero-order valence-electron chi connectivity index (χ0n) is 11.4. The third-order valence-electron chi connectivity index (χ3n) is 4.25. The van der Waals surface area contributed by atoms with Gasteiger partial charge in [0.15, 0.2) is 0 Å². The smallest absolute Gasteiger partial charge is 0.227 e. The number of likely N-dealkylation sites (tertiary alicyclic amines) is 1. The monoisotopic (exact) mass is 273 g/mol. The van der Waals surface area contributed by atoms with Gasteiger partial charge in [-0.25, -0.2) is 0 Å². The molecule has 2 saturated heterocycles. The second-order valence-electron chi connectivity index (χ2n) is 5.64. The van der Waals surface area contributed by atoms with Gasteiger partial charge in [0.25, 0.3) is 0 Å². The van der Waals surface area contributed by atoms with Gasteiger partial charge < -0.3 is 10.2 Å². The van der Waals surface area contributed by atoms with Gasteiger partial charge in [0.1, 0.15) is 0 Å². The van der Waals surface area contributed by atoms with E-state index in [2.05, 4.69) is 10.3 Å². The highest BCUT2D eigenvalue weighted by molar-refractivity contribution is 5.79. The molecule has 3 heterocycles. The highest BCUT2D eigenvalue weighted by atomic mass is 16.2. The summed E-state index contributed by atoms with van der Waals surface area (Å²) in [7, 11) is 0. The van der Waals surface area contributed by atoms with E-state index in [1.807, 2.05) is 17.0 Å². The number of amides is 2. The van der Waals surface area contributed by atoms with Crippen LogP contribution < -0.4 is 5.32 Å². The number of nitrogens with one attached hydrogen (secondary N) is 1. The van der Waals surface area contributed by atoms with Crippen LogP contribution in [0.2, 0.25) is 0 Å². The van der Waals surface area contributed by atoms with Crippen molar-refractivity contribution in [3.63, 3.8) is 0 Å². The van der Waals surface area contributed by atoms with E-state index >= 15 is 0 Å². The number of carbonyl (C=O) groups excluding carboxylic acids is 2. The number of aromatic nitrogens is 1. The Bertz CT molecular complexity index is 503. The Kier molecular flexibility index (Phi) is 3.67. The zero-order chi connectivity index (χ0) is 13.9. The summed E-state index contributed by atoms with van der Waals surface area (Å²) >= 11 is 0. The average Bonchev–Trinajstić information content (AvgIpc) is 2.47. The Balaban J connectivity index is 1.59. The van der Waals surface area contributed by atoms with Crippen LogP contribution in [0.4, 0.5) is 0 Å². The van der Waals surface area contributed by atoms with Crippen LogP contribution in [0.1, 0.15) is 24.8 Å². The maximum absolute atomic E-state index is 12.3. The molecule has 0 aromatic carbocycles. The van der Waals surface area contributed by atoms with Crippen LogP contribution in [-0.4, -0.2) is 40.8 Å². The van der Waals surface area contributed by atoms with Gasteiger partial charge in [0.2, 0.25) is 11.8 Å². The van der Waals surface area contributed by atoms with Crippen molar-refractivity contribution in [2.24, 2.45) is 5.92 Å². The Labute approximate surface area is 118 Å². The highest BCUT2D eigenvalue weighted by Crippen LogP contribution is 2.25. The van der Waals surface area contributed by atoms with Gasteiger partial charge >= 0.3 is 0 Å². The molecular formula is C15H19N3O2. The van der Waals surface area contributed by atoms with Crippen LogP contribution in [0.5, 0.6) is 0 Å². The number of hydrogen-bond acceptors (Lipinski definition) is 3. The molecule has 1 aromatic rings. The van der Waals surface area contributed by atoms with Crippen molar-refractivity contribution in [2.45, 2.75) is 31.7 Å². The lowest BCUT2D eigenvalue weighted by molar-refractivity contribution is -0.134. The second-order valence-corrected chi connectivity index (χ2v) is 5.64. The molecule has 0 bridgehead atoms. The maximum Gasteiger partial charge on any atom is 0.227 e. The van der Waals surface area contributed by atoms with Crippen LogP contribution in [0.15, 0.2) is 24.5 Å². The molecule has 5 nitrogen and oxygen atoms in total. The summed E-state index contributed by atoms with van der Waals surface area (Å²) in [6.45, 7) is 1.50. The molecule has 1 N–H and O–H groups in total. The lowest BCUT2D eigenvalue weighted by atomic mass is 9.85. The Morgan fingerprint density at radius 1 is 1.45 bits per heavy atom. The fourth-order valence-electron chi connectivity index (χ4n) is 3.13. The molecule has 20 heavy (non-hydrogen) atoms. The lowest BCUT2D eigenvalue weighted by Gasteiger charge is -2.41. The van der Waals surface area contributed by atoms with Crippen LogP contribution >= 0.6 is 0 Å². The molecule has 2 aliphatic rings. The molecule has 2 aliphatic heterocycles. The molecule has 2 unspecified atom stereocenters. The zero-order valence-corrected chi connectivity index (χ0v) is 11.4. The topological polar surface area (TPSA) is 62.3 Å². The van der Waals surface area contributed by atoms with Crippen molar-refractivity contribution in [3.8, 4) is 0 Å². The first kappa shape index (κ1) is 13.1. The van der Waals surface area contributed by atoms with Crippen molar-refractivity contribution >= 4 is 11.8 Å². The predicted octanol–water partition coefficient (Wildman–Crippen LogP) is 0.751. The highest BCUT2D eigenvalue weighted by Gasteiger charge is 2.35. The quantitative estimate of drug-likeness (QED) is 0.865. The number of piperidine rings is 2. The van der Waals surface area contributed by atoms with Crippen molar-refractivity contribution in [1.82, 2.24) is 15.2 Å². The summed E-state index contributed by atoms with van der Waals surface area (Å²) in [6.07, 6.45) is 6.22. The van der Waals surface area contributed by atoms with Crippen molar-refractivity contribution in [1.29, 1.82) is 0 Å². The molecule has 106 valence electrons. The summed E-state index contributed by atoms with van der Waals surface area (Å²) in [5.41, 5.74) is 0.955. The molecule has 1 aromatic heterocycles. The number of pyridine rings is 1. The molecule has 0 spiro atoms. The largest absolute Gasteiger partial charge is 0.353 e. The number of rotatable bonds is 2. The summed E-state index contributed by atoms with van der Waals surface area (Å²) in [4.78, 5) is 29.7. The van der Waals surface area contributed by atoms with E-state index in [4.69, 9.17) is 0 Å². The lowest BCUT2D eigenvalue weighted by Crippen LogP contribution is -2.55. The summed E-state index contributed by atoms with van der Waals surface area (Å²) in [5, 5.41) is 3.04. The van der Waals surface area contributed by atoms with Crippen LogP contribution in [0, 0.1) is 5.92 Å². The van der Waals surface area contributed by atoms with Gasteiger partial charge in [-0.2, -0.15) is 0 Å². The van der Waals surface area contributed by atoms with E-state index in [-0.39, 0.29) is 17.9 Å². The molecule has 0 radical (unpaired) electrons. The molecule has 2 fully saturated rings. The Morgan fingerprint density at radius 3 is 3.15 bits per heavy atom. The number of hydrogen-bond donors (Lipinski definition) is 1. The predicted molar refractivity (Wildman–Crippen MR) is 73.8 cm³/mol. The van der Waals surface area contributed by atoms with E-state index in [1.165, 1.54) is 0 Å². The normalized spacial score (nSPS) is 25.8. The van der Waals surface area contributed by atoms with Crippen molar-refractivity contribution < 1.29 is 9.59 Å². The summed E-state index contributed by atoms with van der Waals surface area (Å²) in [5.74, 6) is 0.731. The molecule has 5 heteroatoms. The molecule has 3 rings (SSSR count). The first-order valence-electron chi connectivity index (χ1n) is 7.18. The SMILES string of the molecule is O=C1CCC2CN(C(=O)Cc3cccnc3)CCC2N1. The minimum absolute atomic E-state index is 0.154. The fraction of sp³-hybridized carbons (Fsp3) is 0.533. The van der Waals surface area contributed by atoms with E-state index in [1.54, 1.807) is 12.4 Å². The van der Waals surface area contributed by atoms with Gasteiger partial charge in [-0.05, 0) is 30.4 Å². The third-order valence-corrected chi connectivity index (χ3v) is 4.25. The number of nitrogens with zero attached hydrogens (tertiary/aromatic N) is 2. The van der Waals surface area contributed by atoms with E-state index in [0.717, 1.165) is 31.5 Å². The van der Waals surface area contributed by atoms with Gasteiger partial charge in [-0.15, -0.1) is 0 Å². The standard InChI is InChI=1S/C15H19N3O2/c19-14-4-3-12-10-18(7-5-13(12)17-14)15(20)8-11-2-1-6-16-9-11/h1-2,6,9,12-13H,3-5,7-8,10H2,(H,17,19). The van der Waals surface area contributed by atoms with E-state index in [9.17, 15) is 9.59 Å². The molecule has 2 amide bonds.